The van der Waals surface area contributed by atoms with Gasteiger partial charge in [-0.3, -0.25) is 9.59 Å². The minimum Gasteiger partial charge on any atom is -0.466 e. The van der Waals surface area contributed by atoms with Gasteiger partial charge in [-0.05, 0) is 64.0 Å². The predicted octanol–water partition coefficient (Wildman–Crippen LogP) is 13.3. The number of ether oxygens (including phenoxy) is 2. The smallest absolute Gasteiger partial charge is 0.305 e. The molecule has 0 unspecified atom stereocenters. The van der Waals surface area contributed by atoms with Gasteiger partial charge >= 0.3 is 11.9 Å². The molecule has 0 heterocycles. The van der Waals surface area contributed by atoms with Crippen LogP contribution in [0.2, 0.25) is 0 Å². The standard InChI is InChI=1S/C46H91NO5/c1-4-7-10-13-18-26-33-42-51-45(49)36-29-23-19-25-32-39-47(40-41-48)38-31-24-17-16-22-30-37-46(50)52-43-44(34-27-20-14-11-8-5-2)35-28-21-15-12-9-6-3/h44,48H,4-43H2,1-3H3. The Balaban J connectivity index is 3.88. The number of carbonyl (C=O) groups is 2. The van der Waals surface area contributed by atoms with Gasteiger partial charge in [0.05, 0.1) is 19.8 Å². The van der Waals surface area contributed by atoms with Crippen molar-refractivity contribution in [2.75, 3.05) is 39.5 Å². The highest BCUT2D eigenvalue weighted by atomic mass is 16.5. The van der Waals surface area contributed by atoms with E-state index < -0.39 is 0 Å². The Labute approximate surface area is 324 Å². The van der Waals surface area contributed by atoms with E-state index >= 15 is 0 Å². The van der Waals surface area contributed by atoms with Crippen molar-refractivity contribution in [3.05, 3.63) is 0 Å². The Morgan fingerprint density at radius 2 is 0.808 bits per heavy atom. The first-order valence-corrected chi connectivity index (χ1v) is 23.2. The van der Waals surface area contributed by atoms with E-state index in [-0.39, 0.29) is 18.5 Å². The average Bonchev–Trinajstić information content (AvgIpc) is 3.14. The zero-order valence-corrected chi connectivity index (χ0v) is 35.4. The summed E-state index contributed by atoms with van der Waals surface area (Å²) in [5.41, 5.74) is 0. The van der Waals surface area contributed by atoms with Crippen molar-refractivity contribution in [1.29, 1.82) is 0 Å². The van der Waals surface area contributed by atoms with Crippen LogP contribution in [-0.2, 0) is 19.1 Å². The van der Waals surface area contributed by atoms with Crippen LogP contribution in [0.15, 0.2) is 0 Å². The van der Waals surface area contributed by atoms with Crippen LogP contribution >= 0.6 is 0 Å². The molecule has 0 aliphatic carbocycles. The first-order chi connectivity index (χ1) is 25.6. The van der Waals surface area contributed by atoms with Crippen LogP contribution in [0.1, 0.15) is 239 Å². The van der Waals surface area contributed by atoms with E-state index in [1.165, 1.54) is 161 Å². The van der Waals surface area contributed by atoms with Gasteiger partial charge in [0.1, 0.15) is 0 Å². The minimum absolute atomic E-state index is 0.00660. The second-order valence-electron chi connectivity index (χ2n) is 16.0. The highest BCUT2D eigenvalue weighted by Crippen LogP contribution is 2.20. The second kappa shape index (κ2) is 42.6. The van der Waals surface area contributed by atoms with E-state index in [2.05, 4.69) is 25.7 Å². The summed E-state index contributed by atoms with van der Waals surface area (Å²) >= 11 is 0. The largest absolute Gasteiger partial charge is 0.466 e. The molecule has 0 saturated heterocycles. The van der Waals surface area contributed by atoms with Crippen molar-refractivity contribution in [3.63, 3.8) is 0 Å². The number of hydrogen-bond donors (Lipinski definition) is 1. The molecule has 0 rings (SSSR count). The molecule has 0 aliphatic heterocycles. The molecule has 0 radical (unpaired) electrons. The van der Waals surface area contributed by atoms with Gasteiger partial charge in [-0.25, -0.2) is 0 Å². The van der Waals surface area contributed by atoms with E-state index in [0.717, 1.165) is 64.6 Å². The maximum Gasteiger partial charge on any atom is 0.305 e. The molecule has 6 nitrogen and oxygen atoms in total. The van der Waals surface area contributed by atoms with Gasteiger partial charge in [-0.2, -0.15) is 0 Å². The zero-order valence-electron chi connectivity index (χ0n) is 35.4. The lowest BCUT2D eigenvalue weighted by molar-refractivity contribution is -0.145. The molecule has 0 aromatic heterocycles. The van der Waals surface area contributed by atoms with E-state index in [1.54, 1.807) is 0 Å². The Morgan fingerprint density at radius 3 is 1.25 bits per heavy atom. The Kier molecular flexibility index (Phi) is 41.7. The molecule has 310 valence electrons. The summed E-state index contributed by atoms with van der Waals surface area (Å²) < 4.78 is 11.2. The third-order valence-electron chi connectivity index (χ3n) is 10.8. The highest BCUT2D eigenvalue weighted by molar-refractivity contribution is 5.69. The number of carbonyl (C=O) groups excluding carboxylic acids is 2. The first kappa shape index (κ1) is 50.9. The number of rotatable bonds is 43. The molecular weight excluding hydrogens is 647 g/mol. The van der Waals surface area contributed by atoms with Crippen LogP contribution in [0, 0.1) is 5.92 Å². The molecule has 0 saturated carbocycles. The van der Waals surface area contributed by atoms with Gasteiger partial charge in [-0.1, -0.05) is 181 Å². The van der Waals surface area contributed by atoms with Crippen molar-refractivity contribution in [2.24, 2.45) is 5.92 Å². The Bertz CT molecular complexity index is 716. The Hall–Kier alpha value is -1.14. The normalized spacial score (nSPS) is 11.6. The number of aliphatic hydroxyl groups is 1. The van der Waals surface area contributed by atoms with Crippen molar-refractivity contribution >= 4 is 11.9 Å². The molecule has 0 spiro atoms. The number of nitrogens with zero attached hydrogens (tertiary/aromatic N) is 1. The molecule has 6 heteroatoms. The van der Waals surface area contributed by atoms with E-state index in [9.17, 15) is 14.7 Å². The maximum atomic E-state index is 12.5. The number of unbranched alkanes of at least 4 members (excludes halogenated alkanes) is 25. The van der Waals surface area contributed by atoms with Gasteiger partial charge in [-0.15, -0.1) is 0 Å². The molecule has 0 amide bonds. The second-order valence-corrected chi connectivity index (χ2v) is 16.0. The molecule has 0 bridgehead atoms. The van der Waals surface area contributed by atoms with E-state index in [1.807, 2.05) is 0 Å². The lowest BCUT2D eigenvalue weighted by Crippen LogP contribution is -2.29. The van der Waals surface area contributed by atoms with Crippen LogP contribution in [-0.4, -0.2) is 61.4 Å². The average molecular weight is 738 g/mol. The SMILES string of the molecule is CCCCCCCCCOC(=O)CCCCCCCN(CCO)CCCCCCCCC(=O)OCC(CCCCCCCC)CCCCCCCC. The first-order valence-electron chi connectivity index (χ1n) is 23.2. The minimum atomic E-state index is -0.0287. The molecule has 52 heavy (non-hydrogen) atoms. The predicted molar refractivity (Wildman–Crippen MR) is 223 cm³/mol. The molecule has 1 N–H and O–H groups in total. The van der Waals surface area contributed by atoms with Crippen molar-refractivity contribution in [2.45, 2.75) is 239 Å². The number of esters is 2. The molecular formula is C46H91NO5. The fourth-order valence-corrected chi connectivity index (χ4v) is 7.26. The fraction of sp³-hybridized carbons (Fsp3) is 0.957. The van der Waals surface area contributed by atoms with Crippen LogP contribution in [0.5, 0.6) is 0 Å². The quantitative estimate of drug-likeness (QED) is 0.0496. The van der Waals surface area contributed by atoms with Gasteiger partial charge < -0.3 is 19.5 Å². The summed E-state index contributed by atoms with van der Waals surface area (Å²) in [5, 5.41) is 9.53. The molecule has 0 aromatic carbocycles. The van der Waals surface area contributed by atoms with E-state index in [4.69, 9.17) is 9.47 Å². The third-order valence-corrected chi connectivity index (χ3v) is 10.8. The summed E-state index contributed by atoms with van der Waals surface area (Å²) in [6.45, 7) is 11.1. The number of aliphatic hydroxyl groups excluding tert-OH is 1. The number of hydrogen-bond acceptors (Lipinski definition) is 6. The lowest BCUT2D eigenvalue weighted by Gasteiger charge is -2.21. The highest BCUT2D eigenvalue weighted by Gasteiger charge is 2.13. The van der Waals surface area contributed by atoms with Gasteiger partial charge in [0.25, 0.3) is 0 Å². The molecule has 0 fully saturated rings. The lowest BCUT2D eigenvalue weighted by atomic mass is 9.94. The zero-order chi connectivity index (χ0) is 38.0. The summed E-state index contributed by atoms with van der Waals surface area (Å²) in [4.78, 5) is 26.9. The van der Waals surface area contributed by atoms with E-state index in [0.29, 0.717) is 32.0 Å². The molecule has 0 atom stereocenters. The van der Waals surface area contributed by atoms with Crippen molar-refractivity contribution in [1.82, 2.24) is 4.90 Å². The Morgan fingerprint density at radius 1 is 0.442 bits per heavy atom. The van der Waals surface area contributed by atoms with Crippen molar-refractivity contribution < 1.29 is 24.2 Å². The van der Waals surface area contributed by atoms with Gasteiger partial charge in [0, 0.05) is 19.4 Å². The summed E-state index contributed by atoms with van der Waals surface area (Å²) in [6.07, 6.45) is 40.4. The van der Waals surface area contributed by atoms with Crippen LogP contribution in [0.3, 0.4) is 0 Å². The van der Waals surface area contributed by atoms with Crippen molar-refractivity contribution in [3.8, 4) is 0 Å². The molecule has 0 aromatic rings. The maximum absolute atomic E-state index is 12.5. The third kappa shape index (κ3) is 38.6. The summed E-state index contributed by atoms with van der Waals surface area (Å²) in [5.74, 6) is 0.518. The van der Waals surface area contributed by atoms with Crippen LogP contribution < -0.4 is 0 Å². The summed E-state index contributed by atoms with van der Waals surface area (Å²) in [6, 6.07) is 0. The summed E-state index contributed by atoms with van der Waals surface area (Å²) in [7, 11) is 0. The van der Waals surface area contributed by atoms with Crippen LogP contribution in [0.25, 0.3) is 0 Å². The van der Waals surface area contributed by atoms with Gasteiger partial charge in [0.2, 0.25) is 0 Å². The topological polar surface area (TPSA) is 76.1 Å². The van der Waals surface area contributed by atoms with Crippen LogP contribution in [0.4, 0.5) is 0 Å². The van der Waals surface area contributed by atoms with Gasteiger partial charge in [0.15, 0.2) is 0 Å². The monoisotopic (exact) mass is 738 g/mol. The molecule has 0 aliphatic rings. The fourth-order valence-electron chi connectivity index (χ4n) is 7.26.